The second kappa shape index (κ2) is 8.45. The fourth-order valence-corrected chi connectivity index (χ4v) is 3.52. The van der Waals surface area contributed by atoms with Crippen LogP contribution in [0.3, 0.4) is 0 Å². The van der Waals surface area contributed by atoms with Gasteiger partial charge in [-0.05, 0) is 57.5 Å². The molecule has 0 bridgehead atoms. The number of aromatic nitrogens is 2. The molecule has 1 aromatic carbocycles. The Morgan fingerprint density at radius 3 is 2.50 bits per heavy atom. The standard InChI is InChI=1S/C20H27FN4O/c1-15-16(2)25(14-23-15)13-10-22-20(26)19(24-11-4-3-5-12-24)17-6-8-18(21)9-7-17/h6-9,14,19H,3-5,10-13H2,1-2H3,(H,22,26)/t19-/m1/s1. The van der Waals surface area contributed by atoms with Gasteiger partial charge in [-0.3, -0.25) is 9.69 Å². The number of aryl methyl sites for hydroxylation is 1. The Morgan fingerprint density at radius 2 is 1.88 bits per heavy atom. The van der Waals surface area contributed by atoms with Gasteiger partial charge in [0.1, 0.15) is 11.9 Å². The largest absolute Gasteiger partial charge is 0.353 e. The van der Waals surface area contributed by atoms with E-state index < -0.39 is 0 Å². The Kier molecular flexibility index (Phi) is 6.04. The molecule has 0 aliphatic carbocycles. The van der Waals surface area contributed by atoms with Crippen LogP contribution in [0.15, 0.2) is 30.6 Å². The Balaban J connectivity index is 1.67. The van der Waals surface area contributed by atoms with Gasteiger partial charge in [0.15, 0.2) is 0 Å². The van der Waals surface area contributed by atoms with Crippen molar-refractivity contribution in [2.24, 2.45) is 0 Å². The van der Waals surface area contributed by atoms with E-state index in [-0.39, 0.29) is 17.8 Å². The van der Waals surface area contributed by atoms with Crippen molar-refractivity contribution < 1.29 is 9.18 Å². The van der Waals surface area contributed by atoms with Crippen LogP contribution in [0.4, 0.5) is 4.39 Å². The number of carbonyl (C=O) groups excluding carboxylic acids is 1. The van der Waals surface area contributed by atoms with Crippen molar-refractivity contribution in [3.05, 3.63) is 53.4 Å². The molecular formula is C20H27FN4O. The predicted octanol–water partition coefficient (Wildman–Crippen LogP) is 2.98. The Morgan fingerprint density at radius 1 is 1.19 bits per heavy atom. The Labute approximate surface area is 154 Å². The maximum atomic E-state index is 13.3. The molecule has 2 aromatic rings. The summed E-state index contributed by atoms with van der Waals surface area (Å²) in [5, 5.41) is 3.06. The fourth-order valence-electron chi connectivity index (χ4n) is 3.52. The summed E-state index contributed by atoms with van der Waals surface area (Å²) in [7, 11) is 0. The molecule has 1 aliphatic heterocycles. The van der Waals surface area contributed by atoms with Crippen molar-refractivity contribution in [3.63, 3.8) is 0 Å². The molecule has 6 heteroatoms. The monoisotopic (exact) mass is 358 g/mol. The number of nitrogens with one attached hydrogen (secondary N) is 1. The summed E-state index contributed by atoms with van der Waals surface area (Å²) in [5.41, 5.74) is 2.97. The highest BCUT2D eigenvalue weighted by atomic mass is 19.1. The van der Waals surface area contributed by atoms with E-state index in [1.807, 2.05) is 18.4 Å². The van der Waals surface area contributed by atoms with Crippen LogP contribution in [0.5, 0.6) is 0 Å². The van der Waals surface area contributed by atoms with E-state index in [2.05, 4.69) is 15.2 Å². The van der Waals surface area contributed by atoms with E-state index in [0.29, 0.717) is 13.1 Å². The first-order valence-electron chi connectivity index (χ1n) is 9.32. The van der Waals surface area contributed by atoms with Gasteiger partial charge in [0.05, 0.1) is 12.0 Å². The van der Waals surface area contributed by atoms with Gasteiger partial charge in [0.2, 0.25) is 5.91 Å². The van der Waals surface area contributed by atoms with Crippen LogP contribution in [0, 0.1) is 19.7 Å². The van der Waals surface area contributed by atoms with Crippen molar-refractivity contribution in [2.75, 3.05) is 19.6 Å². The lowest BCUT2D eigenvalue weighted by Gasteiger charge is -2.34. The predicted molar refractivity (Wildman–Crippen MR) is 99.3 cm³/mol. The number of hydrogen-bond acceptors (Lipinski definition) is 3. The lowest BCUT2D eigenvalue weighted by Crippen LogP contribution is -2.43. The lowest BCUT2D eigenvalue weighted by atomic mass is 10.0. The quantitative estimate of drug-likeness (QED) is 0.864. The minimum absolute atomic E-state index is 0.0204. The maximum Gasteiger partial charge on any atom is 0.242 e. The fraction of sp³-hybridized carbons (Fsp3) is 0.500. The van der Waals surface area contributed by atoms with Gasteiger partial charge in [-0.15, -0.1) is 0 Å². The molecule has 1 fully saturated rings. The van der Waals surface area contributed by atoms with Crippen molar-refractivity contribution in [1.82, 2.24) is 19.8 Å². The number of hydrogen-bond donors (Lipinski definition) is 1. The highest BCUT2D eigenvalue weighted by molar-refractivity contribution is 5.83. The average Bonchev–Trinajstić information content (AvgIpc) is 2.97. The molecular weight excluding hydrogens is 331 g/mol. The zero-order chi connectivity index (χ0) is 18.5. The van der Waals surface area contributed by atoms with Crippen LogP contribution < -0.4 is 5.32 Å². The zero-order valence-electron chi connectivity index (χ0n) is 15.5. The molecule has 0 saturated carbocycles. The number of piperidine rings is 1. The van der Waals surface area contributed by atoms with E-state index in [4.69, 9.17) is 0 Å². The van der Waals surface area contributed by atoms with E-state index >= 15 is 0 Å². The number of imidazole rings is 1. The number of rotatable bonds is 6. The average molecular weight is 358 g/mol. The van der Waals surface area contributed by atoms with Gasteiger partial charge < -0.3 is 9.88 Å². The van der Waals surface area contributed by atoms with Gasteiger partial charge in [-0.2, -0.15) is 0 Å². The first-order valence-corrected chi connectivity index (χ1v) is 9.32. The third-order valence-corrected chi connectivity index (χ3v) is 5.19. The first kappa shape index (κ1) is 18.6. The second-order valence-corrected chi connectivity index (χ2v) is 6.95. The molecule has 140 valence electrons. The van der Waals surface area contributed by atoms with E-state index in [1.54, 1.807) is 18.5 Å². The summed E-state index contributed by atoms with van der Waals surface area (Å²) in [4.78, 5) is 19.4. The number of halogens is 1. The molecule has 1 amide bonds. The van der Waals surface area contributed by atoms with Crippen LogP contribution in [0.1, 0.15) is 42.3 Å². The van der Waals surface area contributed by atoms with Crippen LogP contribution in [0.25, 0.3) is 0 Å². The number of amides is 1. The van der Waals surface area contributed by atoms with Gasteiger partial charge in [-0.25, -0.2) is 9.37 Å². The van der Waals surface area contributed by atoms with Crippen molar-refractivity contribution >= 4 is 5.91 Å². The smallest absolute Gasteiger partial charge is 0.242 e. The second-order valence-electron chi connectivity index (χ2n) is 6.95. The lowest BCUT2D eigenvalue weighted by molar-refractivity contribution is -0.127. The first-order chi connectivity index (χ1) is 12.6. The van der Waals surface area contributed by atoms with E-state index in [9.17, 15) is 9.18 Å². The third-order valence-electron chi connectivity index (χ3n) is 5.19. The molecule has 1 N–H and O–H groups in total. The molecule has 3 rings (SSSR count). The van der Waals surface area contributed by atoms with Gasteiger partial charge in [0.25, 0.3) is 0 Å². The third kappa shape index (κ3) is 4.30. The molecule has 1 aromatic heterocycles. The van der Waals surface area contributed by atoms with Crippen molar-refractivity contribution in [2.45, 2.75) is 45.7 Å². The molecule has 1 aliphatic rings. The summed E-state index contributed by atoms with van der Waals surface area (Å²) in [6, 6.07) is 5.94. The molecule has 1 saturated heterocycles. The number of carbonyl (C=O) groups is 1. The molecule has 1 atom stereocenters. The minimum Gasteiger partial charge on any atom is -0.353 e. The summed E-state index contributed by atoms with van der Waals surface area (Å²) in [6.07, 6.45) is 5.20. The van der Waals surface area contributed by atoms with Gasteiger partial charge >= 0.3 is 0 Å². The van der Waals surface area contributed by atoms with Gasteiger partial charge in [-0.1, -0.05) is 18.6 Å². The number of likely N-dealkylation sites (tertiary alicyclic amines) is 1. The summed E-state index contributed by atoms with van der Waals surface area (Å²) in [5.74, 6) is -0.300. The normalized spacial score (nSPS) is 16.4. The molecule has 5 nitrogen and oxygen atoms in total. The SMILES string of the molecule is Cc1ncn(CCNC(=O)[C@@H](c2ccc(F)cc2)N2CCCCC2)c1C. The number of nitrogens with zero attached hydrogens (tertiary/aromatic N) is 3. The Hall–Kier alpha value is -2.21. The highest BCUT2D eigenvalue weighted by Crippen LogP contribution is 2.25. The van der Waals surface area contributed by atoms with E-state index in [1.165, 1.54) is 18.6 Å². The molecule has 26 heavy (non-hydrogen) atoms. The topological polar surface area (TPSA) is 50.2 Å². The highest BCUT2D eigenvalue weighted by Gasteiger charge is 2.28. The minimum atomic E-state index is -0.360. The summed E-state index contributed by atoms with van der Waals surface area (Å²) in [6.45, 7) is 7.03. The molecule has 2 heterocycles. The van der Waals surface area contributed by atoms with Crippen LogP contribution in [-0.4, -0.2) is 40.0 Å². The maximum absolute atomic E-state index is 13.3. The molecule has 0 spiro atoms. The van der Waals surface area contributed by atoms with Gasteiger partial charge in [0, 0.05) is 18.8 Å². The Bertz CT molecular complexity index is 735. The molecule has 0 radical (unpaired) electrons. The van der Waals surface area contributed by atoms with E-state index in [0.717, 1.165) is 42.9 Å². The zero-order valence-corrected chi connectivity index (χ0v) is 15.5. The van der Waals surface area contributed by atoms with Crippen LogP contribution >= 0.6 is 0 Å². The number of benzene rings is 1. The van der Waals surface area contributed by atoms with Crippen molar-refractivity contribution in [3.8, 4) is 0 Å². The van der Waals surface area contributed by atoms with Crippen LogP contribution in [-0.2, 0) is 11.3 Å². The summed E-state index contributed by atoms with van der Waals surface area (Å²) < 4.78 is 15.3. The summed E-state index contributed by atoms with van der Waals surface area (Å²) >= 11 is 0. The molecule has 0 unspecified atom stereocenters. The van der Waals surface area contributed by atoms with Crippen LogP contribution in [0.2, 0.25) is 0 Å². The van der Waals surface area contributed by atoms with Crippen molar-refractivity contribution in [1.29, 1.82) is 0 Å².